The Labute approximate surface area is 233 Å². The number of carbonyl (C=O) groups excluding carboxylic acids is 3. The number of benzene rings is 3. The summed E-state index contributed by atoms with van der Waals surface area (Å²) < 4.78 is 1.59. The van der Waals surface area contributed by atoms with Gasteiger partial charge in [0.15, 0.2) is 11.6 Å². The summed E-state index contributed by atoms with van der Waals surface area (Å²) in [6.45, 7) is 0.360. The number of amides is 2. The first kappa shape index (κ1) is 26.9. The number of carbonyl (C=O) groups is 3. The molecule has 202 valence electrons. The third kappa shape index (κ3) is 4.99. The molecule has 3 aromatic carbocycles. The highest BCUT2D eigenvalue weighted by Crippen LogP contribution is 2.29. The molecule has 0 bridgehead atoms. The Morgan fingerprint density at radius 1 is 0.950 bits per heavy atom. The van der Waals surface area contributed by atoms with E-state index in [0.717, 1.165) is 4.90 Å². The van der Waals surface area contributed by atoms with Crippen LogP contribution in [0.2, 0.25) is 5.02 Å². The van der Waals surface area contributed by atoms with Crippen molar-refractivity contribution in [3.05, 3.63) is 116 Å². The van der Waals surface area contributed by atoms with Crippen LogP contribution in [-0.2, 0) is 13.0 Å². The van der Waals surface area contributed by atoms with Gasteiger partial charge >= 0.3 is 0 Å². The number of imide groups is 1. The van der Waals surface area contributed by atoms with Crippen molar-refractivity contribution in [1.29, 1.82) is 0 Å². The van der Waals surface area contributed by atoms with E-state index in [1.165, 1.54) is 24.3 Å². The first-order valence-electron chi connectivity index (χ1n) is 12.3. The van der Waals surface area contributed by atoms with Crippen molar-refractivity contribution in [3.8, 4) is 5.69 Å². The summed E-state index contributed by atoms with van der Waals surface area (Å²) in [6, 6.07) is 16.7. The maximum absolute atomic E-state index is 13.7. The molecule has 12 heteroatoms. The van der Waals surface area contributed by atoms with Crippen LogP contribution in [0.5, 0.6) is 0 Å². The number of nitrogens with zero attached hydrogens (tertiary/aromatic N) is 6. The lowest BCUT2D eigenvalue weighted by atomic mass is 10.0. The number of nitro benzene ring substituents is 1. The van der Waals surface area contributed by atoms with E-state index in [2.05, 4.69) is 10.2 Å². The number of halogens is 1. The molecule has 0 unspecified atom stereocenters. The number of likely N-dealkylation sites (N-methyl/N-ethyl adjacent to an activating group) is 1. The standard InChI is InChI=1S/C28H23ClN6O5/c1-32(2)13-12-24-30-31-25(16-33-27(37)20-8-3-4-9-21(20)28(33)38)34(24)23-11-10-19(35(39)40)15-22(23)26(36)17-6-5-7-18(29)14-17/h3-11,14-15H,12-13,16H2,1-2H3. The average molecular weight is 559 g/mol. The van der Waals surface area contributed by atoms with Crippen molar-refractivity contribution in [3.63, 3.8) is 0 Å². The van der Waals surface area contributed by atoms with Gasteiger partial charge < -0.3 is 4.90 Å². The Balaban J connectivity index is 1.65. The van der Waals surface area contributed by atoms with Crippen molar-refractivity contribution >= 4 is 34.9 Å². The summed E-state index contributed by atoms with van der Waals surface area (Å²) in [5, 5.41) is 20.6. The summed E-state index contributed by atoms with van der Waals surface area (Å²) in [5.41, 5.74) is 0.835. The number of hydrogen-bond donors (Lipinski definition) is 0. The normalized spacial score (nSPS) is 12.8. The van der Waals surface area contributed by atoms with Gasteiger partial charge in [-0.25, -0.2) is 0 Å². The molecule has 4 aromatic rings. The van der Waals surface area contributed by atoms with Crippen LogP contribution in [-0.4, -0.2) is 67.7 Å². The van der Waals surface area contributed by atoms with Gasteiger partial charge in [0.1, 0.15) is 5.82 Å². The number of rotatable bonds is 9. The summed E-state index contributed by atoms with van der Waals surface area (Å²) in [7, 11) is 3.78. The molecule has 40 heavy (non-hydrogen) atoms. The lowest BCUT2D eigenvalue weighted by Crippen LogP contribution is -2.30. The topological polar surface area (TPSA) is 132 Å². The van der Waals surface area contributed by atoms with Gasteiger partial charge in [-0.1, -0.05) is 35.9 Å². The second-order valence-corrected chi connectivity index (χ2v) is 9.90. The highest BCUT2D eigenvalue weighted by Gasteiger charge is 2.36. The van der Waals surface area contributed by atoms with Crippen molar-refractivity contribution in [2.24, 2.45) is 0 Å². The minimum absolute atomic E-state index is 0.0194. The predicted molar refractivity (Wildman–Crippen MR) is 146 cm³/mol. The molecule has 1 aromatic heterocycles. The Hall–Kier alpha value is -4.74. The molecule has 11 nitrogen and oxygen atoms in total. The zero-order valence-corrected chi connectivity index (χ0v) is 22.3. The highest BCUT2D eigenvalue weighted by atomic mass is 35.5. The second-order valence-electron chi connectivity index (χ2n) is 9.46. The fourth-order valence-electron chi connectivity index (χ4n) is 4.54. The van der Waals surface area contributed by atoms with Crippen molar-refractivity contribution in [2.75, 3.05) is 20.6 Å². The quantitative estimate of drug-likeness (QED) is 0.130. The van der Waals surface area contributed by atoms with Crippen molar-refractivity contribution in [1.82, 2.24) is 24.6 Å². The fraction of sp³-hybridized carbons (Fsp3) is 0.179. The predicted octanol–water partition coefficient (Wildman–Crippen LogP) is 3.96. The molecule has 0 saturated carbocycles. The van der Waals surface area contributed by atoms with Gasteiger partial charge in [-0.05, 0) is 44.4 Å². The van der Waals surface area contributed by atoms with Crippen LogP contribution < -0.4 is 0 Å². The van der Waals surface area contributed by atoms with Gasteiger partial charge in [-0.15, -0.1) is 10.2 Å². The van der Waals surface area contributed by atoms with Gasteiger partial charge in [-0.2, -0.15) is 0 Å². The minimum atomic E-state index is -0.586. The molecular formula is C28H23ClN6O5. The zero-order chi connectivity index (χ0) is 28.6. The first-order valence-corrected chi connectivity index (χ1v) is 12.7. The molecule has 1 aliphatic rings. The molecular weight excluding hydrogens is 536 g/mol. The molecule has 0 aliphatic carbocycles. The molecule has 1 aliphatic heterocycles. The molecule has 2 amide bonds. The van der Waals surface area contributed by atoms with Crippen LogP contribution in [0.4, 0.5) is 5.69 Å². The highest BCUT2D eigenvalue weighted by molar-refractivity contribution is 6.31. The van der Waals surface area contributed by atoms with E-state index in [1.54, 1.807) is 47.0 Å². The van der Waals surface area contributed by atoms with E-state index in [4.69, 9.17) is 11.6 Å². The Morgan fingerprint density at radius 3 is 2.25 bits per heavy atom. The van der Waals surface area contributed by atoms with Crippen LogP contribution in [0, 0.1) is 10.1 Å². The van der Waals surface area contributed by atoms with Gasteiger partial charge in [-0.3, -0.25) is 34.0 Å². The molecule has 0 radical (unpaired) electrons. The SMILES string of the molecule is CN(C)CCc1nnc(CN2C(=O)c3ccccc3C2=O)n1-c1ccc([N+](=O)[O-])cc1C(=O)c1cccc(Cl)c1. The molecule has 0 spiro atoms. The molecule has 0 atom stereocenters. The number of fused-ring (bicyclic) bond motifs is 1. The lowest BCUT2D eigenvalue weighted by molar-refractivity contribution is -0.384. The van der Waals surface area contributed by atoms with Gasteiger partial charge in [0.05, 0.1) is 33.8 Å². The van der Waals surface area contributed by atoms with Gasteiger partial charge in [0, 0.05) is 35.7 Å². The number of aromatic nitrogens is 3. The maximum Gasteiger partial charge on any atom is 0.270 e. The second kappa shape index (κ2) is 10.8. The maximum atomic E-state index is 13.7. The van der Waals surface area contributed by atoms with Gasteiger partial charge in [0.2, 0.25) is 0 Å². The Morgan fingerprint density at radius 2 is 1.62 bits per heavy atom. The Kier molecular flexibility index (Phi) is 7.24. The largest absolute Gasteiger partial charge is 0.309 e. The van der Waals surface area contributed by atoms with Crippen LogP contribution in [0.3, 0.4) is 0 Å². The van der Waals surface area contributed by atoms with E-state index >= 15 is 0 Å². The summed E-state index contributed by atoms with van der Waals surface area (Å²) in [6.07, 6.45) is 0.407. The molecule has 0 saturated heterocycles. The van der Waals surface area contributed by atoms with Gasteiger partial charge in [0.25, 0.3) is 17.5 Å². The zero-order valence-electron chi connectivity index (χ0n) is 21.6. The van der Waals surface area contributed by atoms with E-state index in [9.17, 15) is 24.5 Å². The summed E-state index contributed by atoms with van der Waals surface area (Å²) in [4.78, 5) is 54.0. The smallest absolute Gasteiger partial charge is 0.270 e. The minimum Gasteiger partial charge on any atom is -0.309 e. The number of non-ortho nitro benzene ring substituents is 1. The molecule has 0 N–H and O–H groups in total. The summed E-state index contributed by atoms with van der Waals surface area (Å²) >= 11 is 6.12. The number of hydrogen-bond acceptors (Lipinski definition) is 8. The molecule has 2 heterocycles. The van der Waals surface area contributed by atoms with Crippen LogP contribution in [0.1, 0.15) is 48.3 Å². The van der Waals surface area contributed by atoms with Crippen molar-refractivity contribution in [2.45, 2.75) is 13.0 Å². The fourth-order valence-corrected chi connectivity index (χ4v) is 4.73. The number of ketones is 1. The lowest BCUT2D eigenvalue weighted by Gasteiger charge is -2.18. The van der Waals surface area contributed by atoms with Crippen molar-refractivity contribution < 1.29 is 19.3 Å². The third-order valence-corrected chi connectivity index (χ3v) is 6.76. The van der Waals surface area contributed by atoms with E-state index in [-0.39, 0.29) is 34.9 Å². The van der Waals surface area contributed by atoms with E-state index in [0.29, 0.717) is 34.9 Å². The Bertz CT molecular complexity index is 1650. The first-order chi connectivity index (χ1) is 19.2. The van der Waals surface area contributed by atoms with Crippen LogP contribution in [0.25, 0.3) is 5.69 Å². The monoisotopic (exact) mass is 558 g/mol. The third-order valence-electron chi connectivity index (χ3n) is 6.52. The molecule has 5 rings (SSSR count). The van der Waals surface area contributed by atoms with E-state index in [1.807, 2.05) is 19.0 Å². The number of nitro groups is 1. The summed E-state index contributed by atoms with van der Waals surface area (Å²) in [5.74, 6) is -0.764. The van der Waals surface area contributed by atoms with Crippen LogP contribution in [0.15, 0.2) is 66.7 Å². The average Bonchev–Trinajstić information content (AvgIpc) is 3.45. The van der Waals surface area contributed by atoms with Crippen LogP contribution >= 0.6 is 11.6 Å². The molecule has 0 fully saturated rings. The van der Waals surface area contributed by atoms with E-state index < -0.39 is 22.5 Å².